The predicted octanol–water partition coefficient (Wildman–Crippen LogP) is 0.740. The quantitative estimate of drug-likeness (QED) is 0.393. The van der Waals surface area contributed by atoms with Gasteiger partial charge in [0.2, 0.25) is 5.79 Å². The molecule has 0 aromatic rings. The third kappa shape index (κ3) is 2.04. The van der Waals surface area contributed by atoms with Crippen LogP contribution in [-0.4, -0.2) is 63.7 Å². The van der Waals surface area contributed by atoms with Crippen molar-refractivity contribution in [1.82, 2.24) is 0 Å². The number of fused-ring (bicyclic) bond motifs is 2. The van der Waals surface area contributed by atoms with Gasteiger partial charge in [-0.25, -0.2) is 0 Å². The second-order valence-electron chi connectivity index (χ2n) is 10.6. The second kappa shape index (κ2) is 5.82. The van der Waals surface area contributed by atoms with Crippen LogP contribution in [0.5, 0.6) is 0 Å². The summed E-state index contributed by atoms with van der Waals surface area (Å²) in [6, 6.07) is 0. The van der Waals surface area contributed by atoms with Gasteiger partial charge in [-0.2, -0.15) is 0 Å². The zero-order chi connectivity index (χ0) is 21.0. The first-order valence-corrected chi connectivity index (χ1v) is 10.8. The lowest BCUT2D eigenvalue weighted by molar-refractivity contribution is -0.467. The Balaban J connectivity index is 1.68. The minimum absolute atomic E-state index is 0.0865. The maximum absolute atomic E-state index is 11.8. The van der Waals surface area contributed by atoms with Crippen LogP contribution in [0.2, 0.25) is 0 Å². The lowest BCUT2D eigenvalue weighted by Gasteiger charge is -2.75. The van der Waals surface area contributed by atoms with Gasteiger partial charge in [0, 0.05) is 23.7 Å². The van der Waals surface area contributed by atoms with Gasteiger partial charge in [0.25, 0.3) is 0 Å². The second-order valence-corrected chi connectivity index (χ2v) is 10.6. The molecule has 10 atom stereocenters. The fourth-order valence-corrected chi connectivity index (χ4v) is 8.33. The van der Waals surface area contributed by atoms with E-state index in [2.05, 4.69) is 6.58 Å². The molecule has 4 bridgehead atoms. The monoisotopic (exact) mass is 408 g/mol. The SMILES string of the molecule is C=C1C2CCC3C45COC(O)(C(O)C4C(C)(COC(C)=O)CCC5O)C3(C2)C1O. The molecular formula is C22H32O7. The van der Waals surface area contributed by atoms with Gasteiger partial charge in [0.1, 0.15) is 6.10 Å². The summed E-state index contributed by atoms with van der Waals surface area (Å²) in [4.78, 5) is 11.5. The fraction of sp³-hybridized carbons (Fsp3) is 0.864. The minimum Gasteiger partial charge on any atom is -0.465 e. The third-order valence-corrected chi connectivity index (χ3v) is 9.49. The van der Waals surface area contributed by atoms with Crippen LogP contribution in [0.15, 0.2) is 12.2 Å². The molecule has 29 heavy (non-hydrogen) atoms. The molecule has 0 radical (unpaired) electrons. The molecule has 0 aromatic heterocycles. The van der Waals surface area contributed by atoms with Gasteiger partial charge < -0.3 is 29.9 Å². The van der Waals surface area contributed by atoms with Crippen LogP contribution >= 0.6 is 0 Å². The van der Waals surface area contributed by atoms with Gasteiger partial charge >= 0.3 is 5.97 Å². The number of aliphatic hydroxyl groups is 4. The molecule has 162 valence electrons. The molecule has 4 N–H and O–H groups in total. The summed E-state index contributed by atoms with van der Waals surface area (Å²) in [7, 11) is 0. The smallest absolute Gasteiger partial charge is 0.302 e. The molecule has 4 aliphatic carbocycles. The Kier molecular flexibility index (Phi) is 4.01. The molecule has 10 unspecified atom stereocenters. The Morgan fingerprint density at radius 2 is 2.00 bits per heavy atom. The highest BCUT2D eigenvalue weighted by Crippen LogP contribution is 2.77. The van der Waals surface area contributed by atoms with Crippen molar-refractivity contribution in [1.29, 1.82) is 0 Å². The maximum Gasteiger partial charge on any atom is 0.302 e. The highest BCUT2D eigenvalue weighted by Gasteiger charge is 2.84. The fourth-order valence-electron chi connectivity index (χ4n) is 8.33. The number of carbonyl (C=O) groups is 1. The van der Waals surface area contributed by atoms with Gasteiger partial charge in [-0.15, -0.1) is 0 Å². The van der Waals surface area contributed by atoms with Crippen molar-refractivity contribution in [3.63, 3.8) is 0 Å². The molecule has 2 aliphatic heterocycles. The van der Waals surface area contributed by atoms with Gasteiger partial charge in [0.05, 0.1) is 30.8 Å². The summed E-state index contributed by atoms with van der Waals surface area (Å²) >= 11 is 0. The lowest BCUT2D eigenvalue weighted by atomic mass is 9.36. The third-order valence-electron chi connectivity index (χ3n) is 9.49. The van der Waals surface area contributed by atoms with Crippen LogP contribution in [0, 0.1) is 34.0 Å². The Morgan fingerprint density at radius 3 is 2.69 bits per heavy atom. The number of hydrogen-bond donors (Lipinski definition) is 4. The zero-order valence-electron chi connectivity index (χ0n) is 17.1. The molecule has 0 aromatic carbocycles. The molecule has 7 nitrogen and oxygen atoms in total. The first-order chi connectivity index (χ1) is 13.5. The lowest BCUT2D eigenvalue weighted by Crippen LogP contribution is -2.84. The molecular weight excluding hydrogens is 376 g/mol. The Bertz CT molecular complexity index is 768. The molecule has 6 aliphatic rings. The van der Waals surface area contributed by atoms with E-state index in [1.165, 1.54) is 6.92 Å². The average molecular weight is 408 g/mol. The standard InChI is InChI=1S/C22H32O7/c1-11-13-4-5-14-20-10-29-22(27,21(14,8-13)17(11)25)18(26)16(20)19(3,7-6-15(20)24)9-28-12(2)23/h13-18,24-27H,1,4-10H2,2-3H3. The zero-order valence-corrected chi connectivity index (χ0v) is 17.1. The van der Waals surface area contributed by atoms with Gasteiger partial charge in [0.15, 0.2) is 0 Å². The largest absolute Gasteiger partial charge is 0.465 e. The van der Waals surface area contributed by atoms with E-state index in [1.807, 2.05) is 6.92 Å². The van der Waals surface area contributed by atoms with E-state index in [9.17, 15) is 25.2 Å². The van der Waals surface area contributed by atoms with Gasteiger partial charge in [-0.3, -0.25) is 4.79 Å². The van der Waals surface area contributed by atoms with Crippen LogP contribution in [-0.2, 0) is 14.3 Å². The van der Waals surface area contributed by atoms with Gasteiger partial charge in [-0.1, -0.05) is 13.5 Å². The van der Waals surface area contributed by atoms with Crippen molar-refractivity contribution in [2.45, 2.75) is 70.1 Å². The number of hydrogen-bond acceptors (Lipinski definition) is 7. The van der Waals surface area contributed by atoms with Crippen molar-refractivity contribution in [3.05, 3.63) is 12.2 Å². The van der Waals surface area contributed by atoms with Crippen molar-refractivity contribution in [3.8, 4) is 0 Å². The average Bonchev–Trinajstić information content (AvgIpc) is 2.87. The first-order valence-electron chi connectivity index (χ1n) is 10.8. The molecule has 2 saturated heterocycles. The van der Waals surface area contributed by atoms with Crippen molar-refractivity contribution < 1.29 is 34.7 Å². The van der Waals surface area contributed by atoms with Crippen LogP contribution in [0.4, 0.5) is 0 Å². The van der Waals surface area contributed by atoms with Crippen molar-refractivity contribution >= 4 is 5.97 Å². The van der Waals surface area contributed by atoms with E-state index in [0.717, 1.165) is 12.8 Å². The van der Waals surface area contributed by atoms with E-state index >= 15 is 0 Å². The Morgan fingerprint density at radius 1 is 1.28 bits per heavy atom. The number of ether oxygens (including phenoxy) is 2. The maximum atomic E-state index is 11.8. The topological polar surface area (TPSA) is 116 Å². The molecule has 6 rings (SSSR count). The van der Waals surface area contributed by atoms with E-state index in [-0.39, 0.29) is 25.0 Å². The number of aliphatic hydroxyl groups excluding tert-OH is 3. The first kappa shape index (κ1) is 19.9. The van der Waals surface area contributed by atoms with Crippen molar-refractivity contribution in [2.75, 3.05) is 13.2 Å². The van der Waals surface area contributed by atoms with Crippen LogP contribution in [0.25, 0.3) is 0 Å². The highest BCUT2D eigenvalue weighted by molar-refractivity contribution is 5.65. The van der Waals surface area contributed by atoms with Crippen LogP contribution < -0.4 is 0 Å². The summed E-state index contributed by atoms with van der Waals surface area (Å²) < 4.78 is 11.3. The summed E-state index contributed by atoms with van der Waals surface area (Å²) in [5, 5.41) is 45.9. The normalized spacial score (nSPS) is 57.9. The predicted molar refractivity (Wildman–Crippen MR) is 101 cm³/mol. The van der Waals surface area contributed by atoms with E-state index < -0.39 is 52.2 Å². The Labute approximate surface area is 170 Å². The minimum atomic E-state index is -1.92. The van der Waals surface area contributed by atoms with E-state index in [4.69, 9.17) is 9.47 Å². The van der Waals surface area contributed by atoms with Gasteiger partial charge in [-0.05, 0) is 49.5 Å². The van der Waals surface area contributed by atoms with Crippen LogP contribution in [0.1, 0.15) is 46.0 Å². The molecule has 6 fully saturated rings. The molecule has 4 saturated carbocycles. The highest BCUT2D eigenvalue weighted by atomic mass is 16.6. The molecule has 0 amide bonds. The van der Waals surface area contributed by atoms with E-state index in [1.54, 1.807) is 0 Å². The number of esters is 1. The molecule has 2 heterocycles. The summed E-state index contributed by atoms with van der Waals surface area (Å²) in [5.74, 6) is -2.94. The number of rotatable bonds is 2. The van der Waals surface area contributed by atoms with Crippen LogP contribution in [0.3, 0.4) is 0 Å². The summed E-state index contributed by atoms with van der Waals surface area (Å²) in [5.41, 5.74) is -1.79. The summed E-state index contributed by atoms with van der Waals surface area (Å²) in [6.45, 7) is 7.64. The molecule has 7 heteroatoms. The Hall–Kier alpha value is -0.990. The summed E-state index contributed by atoms with van der Waals surface area (Å²) in [6.07, 6.45) is 0.139. The van der Waals surface area contributed by atoms with Crippen molar-refractivity contribution in [2.24, 2.45) is 34.0 Å². The van der Waals surface area contributed by atoms with E-state index in [0.29, 0.717) is 24.8 Å². The molecule has 2 spiro atoms. The number of carbonyl (C=O) groups excluding carboxylic acids is 1.